The smallest absolute Gasteiger partial charge is 0.316 e. The first-order chi connectivity index (χ1) is 12.6. The van der Waals surface area contributed by atoms with Crippen LogP contribution in [0.1, 0.15) is 25.3 Å². The summed E-state index contributed by atoms with van der Waals surface area (Å²) in [6.45, 7) is 3.56. The number of aliphatic hydroxyl groups is 1. The number of carbonyl (C=O) groups excluding carboxylic acids is 1. The Labute approximate surface area is 153 Å². The Morgan fingerprint density at radius 1 is 1.46 bits per heavy atom. The van der Waals surface area contributed by atoms with Gasteiger partial charge in [-0.05, 0) is 31.4 Å². The maximum atomic E-state index is 13.3. The zero-order valence-electron chi connectivity index (χ0n) is 15.2. The summed E-state index contributed by atoms with van der Waals surface area (Å²) < 4.78 is 5.34. The Bertz CT molecular complexity index is 861. The third kappa shape index (κ3) is 1.56. The van der Waals surface area contributed by atoms with Gasteiger partial charge in [0.05, 0.1) is 30.9 Å². The molecule has 0 radical (unpaired) electrons. The highest BCUT2D eigenvalue weighted by Gasteiger charge is 2.73. The van der Waals surface area contributed by atoms with Crippen molar-refractivity contribution >= 4 is 17.4 Å². The molecule has 3 fully saturated rings. The Morgan fingerprint density at radius 3 is 3.00 bits per heavy atom. The molecule has 1 aliphatic carbocycles. The molecule has 2 saturated heterocycles. The number of aliphatic imine (C=N–C) groups is 1. The summed E-state index contributed by atoms with van der Waals surface area (Å²) in [5.41, 5.74) is 2.77. The highest BCUT2D eigenvalue weighted by molar-refractivity contribution is 6.11. The summed E-state index contributed by atoms with van der Waals surface area (Å²) in [6, 6.07) is 8.36. The van der Waals surface area contributed by atoms with E-state index < -0.39 is 10.8 Å². The molecule has 1 unspecified atom stereocenters. The van der Waals surface area contributed by atoms with E-state index >= 15 is 0 Å². The zero-order valence-corrected chi connectivity index (χ0v) is 15.2. The summed E-state index contributed by atoms with van der Waals surface area (Å²) in [4.78, 5) is 20.8. The molecule has 3 bridgehead atoms. The molecule has 0 spiro atoms. The van der Waals surface area contributed by atoms with E-state index in [0.29, 0.717) is 0 Å². The molecule has 3 aliphatic heterocycles. The van der Waals surface area contributed by atoms with Crippen LogP contribution in [0.2, 0.25) is 0 Å². The summed E-state index contributed by atoms with van der Waals surface area (Å²) in [6.07, 6.45) is 3.75. The molecule has 1 N–H and O–H groups in total. The van der Waals surface area contributed by atoms with Gasteiger partial charge in [-0.15, -0.1) is 0 Å². The summed E-state index contributed by atoms with van der Waals surface area (Å²) in [5, 5.41) is 10.8. The lowest BCUT2D eigenvalue weighted by Gasteiger charge is -2.64. The molecule has 4 aliphatic rings. The molecule has 1 aromatic carbocycles. The molecular weight excluding hydrogens is 328 g/mol. The molecule has 5 nitrogen and oxygen atoms in total. The van der Waals surface area contributed by atoms with Crippen molar-refractivity contribution in [2.24, 2.45) is 16.3 Å². The number of hydrogen-bond donors (Lipinski definition) is 1. The molecule has 1 saturated carbocycles. The number of para-hydroxylation sites is 1. The van der Waals surface area contributed by atoms with Crippen molar-refractivity contribution in [1.82, 2.24) is 4.90 Å². The Kier molecular flexibility index (Phi) is 3.29. The van der Waals surface area contributed by atoms with Gasteiger partial charge >= 0.3 is 5.97 Å². The standard InChI is InChI=1S/C21H24N2O3/c1-3-13-11-23-9-8-20-14-6-4-5-7-16(14)22-18(20)17(23)10-15(13)21(20,12-24)19(25)26-2/h3-7,15,17,24H,8-12H2,1-2H3/b13-3-/t15-,17-,20+,21?/m0/s1. The van der Waals surface area contributed by atoms with Gasteiger partial charge in [-0.25, -0.2) is 0 Å². The fraction of sp³-hybridized carbons (Fsp3) is 0.524. The van der Waals surface area contributed by atoms with Crippen LogP contribution in [0.25, 0.3) is 0 Å². The molecule has 5 heteroatoms. The number of nitrogens with zero attached hydrogens (tertiary/aromatic N) is 2. The molecule has 0 aromatic heterocycles. The maximum absolute atomic E-state index is 13.3. The minimum atomic E-state index is -1.00. The van der Waals surface area contributed by atoms with E-state index in [1.807, 2.05) is 25.1 Å². The van der Waals surface area contributed by atoms with E-state index in [9.17, 15) is 9.90 Å². The van der Waals surface area contributed by atoms with Crippen LogP contribution >= 0.6 is 0 Å². The van der Waals surface area contributed by atoms with Gasteiger partial charge in [0.1, 0.15) is 5.41 Å². The van der Waals surface area contributed by atoms with E-state index in [0.717, 1.165) is 42.9 Å². The normalized spacial score (nSPS) is 38.7. The highest BCUT2D eigenvalue weighted by Crippen LogP contribution is 2.65. The van der Waals surface area contributed by atoms with Crippen LogP contribution in [0, 0.1) is 11.3 Å². The summed E-state index contributed by atoms with van der Waals surface area (Å²) in [7, 11) is 1.44. The zero-order chi connectivity index (χ0) is 18.1. The van der Waals surface area contributed by atoms with Crippen molar-refractivity contribution in [2.45, 2.75) is 31.2 Å². The largest absolute Gasteiger partial charge is 0.468 e. The lowest BCUT2D eigenvalue weighted by atomic mass is 9.43. The number of esters is 1. The van der Waals surface area contributed by atoms with E-state index in [1.54, 1.807) is 0 Å². The van der Waals surface area contributed by atoms with E-state index in [-0.39, 0.29) is 24.5 Å². The number of benzene rings is 1. The van der Waals surface area contributed by atoms with E-state index in [1.165, 1.54) is 12.7 Å². The predicted molar refractivity (Wildman–Crippen MR) is 98.6 cm³/mol. The number of aliphatic hydroxyl groups excluding tert-OH is 1. The predicted octanol–water partition coefficient (Wildman–Crippen LogP) is 2.22. The van der Waals surface area contributed by atoms with Crippen molar-refractivity contribution in [3.8, 4) is 0 Å². The van der Waals surface area contributed by atoms with Gasteiger partial charge in [0.15, 0.2) is 0 Å². The second-order valence-corrected chi connectivity index (χ2v) is 7.93. The van der Waals surface area contributed by atoms with E-state index in [2.05, 4.69) is 17.0 Å². The third-order valence-electron chi connectivity index (χ3n) is 7.39. The molecule has 5 rings (SSSR count). The Balaban J connectivity index is 1.87. The molecule has 136 valence electrons. The van der Waals surface area contributed by atoms with Crippen LogP contribution < -0.4 is 0 Å². The van der Waals surface area contributed by atoms with Gasteiger partial charge < -0.3 is 9.84 Å². The fourth-order valence-electron chi connectivity index (χ4n) is 6.33. The SMILES string of the molecule is C/C=C1/CN2CC[C@]34C(=Nc5ccccc53)[C@@H]2C[C@@H]1C4(CO)C(=O)OC. The maximum Gasteiger partial charge on any atom is 0.316 e. The third-order valence-corrected chi connectivity index (χ3v) is 7.39. The fourth-order valence-corrected chi connectivity index (χ4v) is 6.33. The molecule has 1 aromatic rings. The van der Waals surface area contributed by atoms with Crippen LogP contribution in [0.3, 0.4) is 0 Å². The summed E-state index contributed by atoms with van der Waals surface area (Å²) >= 11 is 0. The first-order valence-electron chi connectivity index (χ1n) is 9.41. The van der Waals surface area contributed by atoms with Crippen LogP contribution in [-0.2, 0) is 14.9 Å². The Hall–Kier alpha value is -1.98. The van der Waals surface area contributed by atoms with Crippen molar-refractivity contribution in [1.29, 1.82) is 0 Å². The average Bonchev–Trinajstić information content (AvgIpc) is 3.04. The number of carbonyl (C=O) groups is 1. The van der Waals surface area contributed by atoms with Crippen LogP contribution in [0.5, 0.6) is 0 Å². The van der Waals surface area contributed by atoms with Crippen molar-refractivity contribution in [3.05, 3.63) is 41.5 Å². The van der Waals surface area contributed by atoms with Crippen LogP contribution in [0.4, 0.5) is 5.69 Å². The highest BCUT2D eigenvalue weighted by atomic mass is 16.5. The van der Waals surface area contributed by atoms with Gasteiger partial charge in [-0.1, -0.05) is 29.8 Å². The number of allylic oxidation sites excluding steroid dienone is 1. The molecule has 3 heterocycles. The molecule has 4 atom stereocenters. The first-order valence-corrected chi connectivity index (χ1v) is 9.41. The topological polar surface area (TPSA) is 62.1 Å². The Morgan fingerprint density at radius 2 is 2.27 bits per heavy atom. The second kappa shape index (κ2) is 5.27. The molecular formula is C21H24N2O3. The van der Waals surface area contributed by atoms with Crippen LogP contribution in [0.15, 0.2) is 40.9 Å². The minimum absolute atomic E-state index is 0.0170. The lowest BCUT2D eigenvalue weighted by Crippen LogP contribution is -2.74. The van der Waals surface area contributed by atoms with E-state index in [4.69, 9.17) is 9.73 Å². The number of hydrogen-bond acceptors (Lipinski definition) is 5. The van der Waals surface area contributed by atoms with Gasteiger partial charge in [0.25, 0.3) is 0 Å². The number of piperidine rings is 2. The van der Waals surface area contributed by atoms with Crippen LogP contribution in [-0.4, -0.2) is 54.5 Å². The molecule has 0 amide bonds. The number of methoxy groups -OCH3 is 1. The summed E-state index contributed by atoms with van der Waals surface area (Å²) in [5.74, 6) is -0.320. The number of rotatable bonds is 2. The van der Waals surface area contributed by atoms with Gasteiger partial charge in [0, 0.05) is 24.7 Å². The minimum Gasteiger partial charge on any atom is -0.468 e. The first kappa shape index (κ1) is 16.2. The quantitative estimate of drug-likeness (QED) is 0.655. The molecule has 26 heavy (non-hydrogen) atoms. The van der Waals surface area contributed by atoms with Gasteiger partial charge in [0.2, 0.25) is 0 Å². The van der Waals surface area contributed by atoms with Crippen molar-refractivity contribution < 1.29 is 14.6 Å². The second-order valence-electron chi connectivity index (χ2n) is 7.93. The average molecular weight is 352 g/mol. The lowest BCUT2D eigenvalue weighted by molar-refractivity contribution is -0.170. The van der Waals surface area contributed by atoms with Gasteiger partial charge in [-0.2, -0.15) is 0 Å². The van der Waals surface area contributed by atoms with Crippen molar-refractivity contribution in [3.63, 3.8) is 0 Å². The van der Waals surface area contributed by atoms with Crippen molar-refractivity contribution in [2.75, 3.05) is 26.8 Å². The number of fused-ring (bicyclic) bond motifs is 2. The van der Waals surface area contributed by atoms with Gasteiger partial charge in [-0.3, -0.25) is 14.7 Å². The monoisotopic (exact) mass is 352 g/mol. The number of ether oxygens (including phenoxy) is 1.